The number of nitrogens with zero attached hydrogens (tertiary/aromatic N) is 1. The Morgan fingerprint density at radius 2 is 2.12 bits per heavy atom. The number of nitrogens with one attached hydrogen (secondary N) is 1. The van der Waals surface area contributed by atoms with E-state index in [-0.39, 0.29) is 0 Å². The van der Waals surface area contributed by atoms with Gasteiger partial charge in [0.1, 0.15) is 0 Å². The van der Waals surface area contributed by atoms with Crippen molar-refractivity contribution < 1.29 is 4.74 Å². The average Bonchev–Trinajstić information content (AvgIpc) is 2.73. The molecule has 3 heteroatoms. The van der Waals surface area contributed by atoms with E-state index >= 15 is 0 Å². The van der Waals surface area contributed by atoms with Gasteiger partial charge in [0.05, 0.1) is 6.10 Å². The van der Waals surface area contributed by atoms with Gasteiger partial charge in [-0.2, -0.15) is 0 Å². The van der Waals surface area contributed by atoms with Gasteiger partial charge in [0.2, 0.25) is 0 Å². The van der Waals surface area contributed by atoms with E-state index in [9.17, 15) is 0 Å². The second kappa shape index (κ2) is 5.03. The highest BCUT2D eigenvalue weighted by Crippen LogP contribution is 2.36. The quantitative estimate of drug-likeness (QED) is 0.791. The largest absolute Gasteiger partial charge is 0.380 e. The molecule has 2 fully saturated rings. The fraction of sp³-hybridized carbons (Fsp3) is 1.00. The van der Waals surface area contributed by atoms with Crippen molar-refractivity contribution in [2.75, 3.05) is 26.7 Å². The SMILES string of the molecule is COC(C)CN1CC(C)NCC12CCCC2. The second-order valence-electron chi connectivity index (χ2n) is 5.66. The normalized spacial score (nSPS) is 32.1. The van der Waals surface area contributed by atoms with Gasteiger partial charge in [-0.15, -0.1) is 0 Å². The zero-order valence-corrected chi connectivity index (χ0v) is 11.0. The Bertz CT molecular complexity index is 226. The summed E-state index contributed by atoms with van der Waals surface area (Å²) in [7, 11) is 1.82. The summed E-state index contributed by atoms with van der Waals surface area (Å²) in [4.78, 5) is 2.69. The van der Waals surface area contributed by atoms with Gasteiger partial charge in [-0.3, -0.25) is 4.90 Å². The van der Waals surface area contributed by atoms with E-state index in [4.69, 9.17) is 4.74 Å². The summed E-state index contributed by atoms with van der Waals surface area (Å²) in [5, 5.41) is 3.65. The second-order valence-corrected chi connectivity index (χ2v) is 5.66. The third kappa shape index (κ3) is 2.41. The summed E-state index contributed by atoms with van der Waals surface area (Å²) in [5.41, 5.74) is 0.444. The summed E-state index contributed by atoms with van der Waals surface area (Å²) < 4.78 is 5.43. The zero-order valence-electron chi connectivity index (χ0n) is 11.0. The Labute approximate surface area is 99.5 Å². The maximum atomic E-state index is 5.43. The van der Waals surface area contributed by atoms with Crippen LogP contribution >= 0.6 is 0 Å². The first kappa shape index (κ1) is 12.3. The standard InChI is InChI=1S/C13H26N2O/c1-11-8-15(9-12(2)16-3)13(10-14-11)6-4-5-7-13/h11-12,14H,4-10H2,1-3H3. The van der Waals surface area contributed by atoms with Crippen LogP contribution in [-0.4, -0.2) is 49.3 Å². The van der Waals surface area contributed by atoms with Crippen LogP contribution in [0.4, 0.5) is 0 Å². The van der Waals surface area contributed by atoms with Crippen LogP contribution in [0.5, 0.6) is 0 Å². The van der Waals surface area contributed by atoms with Crippen molar-refractivity contribution in [1.29, 1.82) is 0 Å². The Morgan fingerprint density at radius 3 is 2.75 bits per heavy atom. The first-order valence-electron chi connectivity index (χ1n) is 6.67. The fourth-order valence-electron chi connectivity index (χ4n) is 3.24. The molecular weight excluding hydrogens is 200 g/mol. The molecule has 1 heterocycles. The zero-order chi connectivity index (χ0) is 11.6. The van der Waals surface area contributed by atoms with Crippen LogP contribution < -0.4 is 5.32 Å². The van der Waals surface area contributed by atoms with Gasteiger partial charge < -0.3 is 10.1 Å². The summed E-state index contributed by atoms with van der Waals surface area (Å²) in [5.74, 6) is 0. The molecule has 0 radical (unpaired) electrons. The smallest absolute Gasteiger partial charge is 0.0670 e. The molecule has 3 nitrogen and oxygen atoms in total. The van der Waals surface area contributed by atoms with Crippen molar-refractivity contribution in [3.8, 4) is 0 Å². The Balaban J connectivity index is 2.03. The molecule has 16 heavy (non-hydrogen) atoms. The third-order valence-corrected chi connectivity index (χ3v) is 4.36. The van der Waals surface area contributed by atoms with Gasteiger partial charge in [0.25, 0.3) is 0 Å². The molecule has 2 unspecified atom stereocenters. The Kier molecular flexibility index (Phi) is 3.88. The lowest BCUT2D eigenvalue weighted by Crippen LogP contribution is -2.64. The van der Waals surface area contributed by atoms with Crippen LogP contribution in [-0.2, 0) is 4.74 Å². The van der Waals surface area contributed by atoms with Gasteiger partial charge >= 0.3 is 0 Å². The van der Waals surface area contributed by atoms with Crippen LogP contribution in [0.1, 0.15) is 39.5 Å². The average molecular weight is 226 g/mol. The number of rotatable bonds is 3. The van der Waals surface area contributed by atoms with E-state index in [1.807, 2.05) is 7.11 Å². The highest BCUT2D eigenvalue weighted by molar-refractivity contribution is 5.01. The van der Waals surface area contributed by atoms with Crippen LogP contribution in [0.2, 0.25) is 0 Å². The lowest BCUT2D eigenvalue weighted by molar-refractivity contribution is -0.00298. The molecule has 2 rings (SSSR count). The lowest BCUT2D eigenvalue weighted by Gasteiger charge is -2.48. The molecule has 1 aliphatic heterocycles. The molecule has 2 atom stereocenters. The molecule has 0 bridgehead atoms. The van der Waals surface area contributed by atoms with Gasteiger partial charge in [0, 0.05) is 38.3 Å². The first-order valence-corrected chi connectivity index (χ1v) is 6.67. The molecule has 1 spiro atoms. The molecule has 2 aliphatic rings. The fourth-order valence-corrected chi connectivity index (χ4v) is 3.24. The number of hydrogen-bond donors (Lipinski definition) is 1. The minimum atomic E-state index is 0.350. The highest BCUT2D eigenvalue weighted by Gasteiger charge is 2.42. The molecule has 1 saturated carbocycles. The summed E-state index contributed by atoms with van der Waals surface area (Å²) in [6.07, 6.45) is 5.87. The molecule has 1 aliphatic carbocycles. The molecule has 0 aromatic carbocycles. The minimum Gasteiger partial charge on any atom is -0.380 e. The van der Waals surface area contributed by atoms with Crippen molar-refractivity contribution in [3.63, 3.8) is 0 Å². The van der Waals surface area contributed by atoms with Crippen LogP contribution in [0.25, 0.3) is 0 Å². The van der Waals surface area contributed by atoms with Gasteiger partial charge in [-0.05, 0) is 26.7 Å². The highest BCUT2D eigenvalue weighted by atomic mass is 16.5. The van der Waals surface area contributed by atoms with Crippen molar-refractivity contribution in [1.82, 2.24) is 10.2 Å². The number of piperazine rings is 1. The van der Waals surface area contributed by atoms with Gasteiger partial charge in [0.15, 0.2) is 0 Å². The first-order chi connectivity index (χ1) is 7.66. The number of ether oxygens (including phenoxy) is 1. The number of methoxy groups -OCH3 is 1. The molecule has 0 amide bonds. The summed E-state index contributed by atoms with van der Waals surface area (Å²) in [6, 6.07) is 0.621. The minimum absolute atomic E-state index is 0.350. The van der Waals surface area contributed by atoms with E-state index in [2.05, 4.69) is 24.1 Å². The van der Waals surface area contributed by atoms with Crippen LogP contribution in [0, 0.1) is 0 Å². The molecule has 1 N–H and O–H groups in total. The predicted molar refractivity (Wildman–Crippen MR) is 66.7 cm³/mol. The summed E-state index contributed by atoms with van der Waals surface area (Å²) >= 11 is 0. The van der Waals surface area contributed by atoms with Crippen molar-refractivity contribution >= 4 is 0 Å². The maximum absolute atomic E-state index is 5.43. The monoisotopic (exact) mass is 226 g/mol. The van der Waals surface area contributed by atoms with Crippen molar-refractivity contribution in [2.24, 2.45) is 0 Å². The van der Waals surface area contributed by atoms with E-state index < -0.39 is 0 Å². The molecule has 0 aromatic heterocycles. The molecule has 1 saturated heterocycles. The Morgan fingerprint density at radius 1 is 1.44 bits per heavy atom. The van der Waals surface area contributed by atoms with Gasteiger partial charge in [-0.1, -0.05) is 12.8 Å². The van der Waals surface area contributed by atoms with Crippen molar-refractivity contribution in [3.05, 3.63) is 0 Å². The summed E-state index contributed by atoms with van der Waals surface area (Å²) in [6.45, 7) is 7.89. The molecular formula is C13H26N2O. The predicted octanol–water partition coefficient (Wildman–Crippen LogP) is 1.63. The third-order valence-electron chi connectivity index (χ3n) is 4.36. The topological polar surface area (TPSA) is 24.5 Å². The number of hydrogen-bond acceptors (Lipinski definition) is 3. The van der Waals surface area contributed by atoms with Gasteiger partial charge in [-0.25, -0.2) is 0 Å². The van der Waals surface area contributed by atoms with E-state index in [1.165, 1.54) is 38.8 Å². The van der Waals surface area contributed by atoms with Crippen LogP contribution in [0.15, 0.2) is 0 Å². The van der Waals surface area contributed by atoms with Crippen molar-refractivity contribution in [2.45, 2.75) is 57.2 Å². The lowest BCUT2D eigenvalue weighted by atomic mass is 9.91. The van der Waals surface area contributed by atoms with E-state index in [0.717, 1.165) is 6.54 Å². The van der Waals surface area contributed by atoms with Crippen LogP contribution in [0.3, 0.4) is 0 Å². The Hall–Kier alpha value is -0.120. The molecule has 94 valence electrons. The maximum Gasteiger partial charge on any atom is 0.0670 e. The van der Waals surface area contributed by atoms with E-state index in [1.54, 1.807) is 0 Å². The molecule has 0 aromatic rings. The van der Waals surface area contributed by atoms with E-state index in [0.29, 0.717) is 17.7 Å².